The summed E-state index contributed by atoms with van der Waals surface area (Å²) in [6.07, 6.45) is 1.24. The van der Waals surface area contributed by atoms with Gasteiger partial charge in [0.25, 0.3) is 0 Å². The van der Waals surface area contributed by atoms with E-state index in [-0.39, 0.29) is 18.2 Å². The second-order valence-corrected chi connectivity index (χ2v) is 4.03. The van der Waals surface area contributed by atoms with E-state index < -0.39 is 0 Å². The first-order chi connectivity index (χ1) is 9.22. The molecule has 0 aliphatic heterocycles. The third kappa shape index (κ3) is 7.21. The van der Waals surface area contributed by atoms with E-state index in [1.807, 2.05) is 37.3 Å². The zero-order valence-corrected chi connectivity index (χ0v) is 11.1. The van der Waals surface area contributed by atoms with E-state index in [0.717, 1.165) is 5.56 Å². The summed E-state index contributed by atoms with van der Waals surface area (Å²) in [5.41, 5.74) is 5.84. The zero-order chi connectivity index (χ0) is 13.9. The standard InChI is InChI=1S/C14H20N2O3/c1-2-19-11-10-14(18)16-15-13(17)9-8-12-6-4-3-5-7-12/h3-7H,2,8-11H2,1H3,(H,15,17)(H,16,18). The Bertz CT molecular complexity index is 393. The number of aryl methyl sites for hydroxylation is 1. The Morgan fingerprint density at radius 3 is 2.32 bits per heavy atom. The average molecular weight is 264 g/mol. The van der Waals surface area contributed by atoms with E-state index in [9.17, 15) is 9.59 Å². The summed E-state index contributed by atoms with van der Waals surface area (Å²) in [6, 6.07) is 9.73. The fourth-order valence-electron chi connectivity index (χ4n) is 1.48. The summed E-state index contributed by atoms with van der Waals surface area (Å²) in [7, 11) is 0. The summed E-state index contributed by atoms with van der Waals surface area (Å²) in [4.78, 5) is 22.8. The van der Waals surface area contributed by atoms with Crippen LogP contribution in [-0.2, 0) is 20.7 Å². The Kier molecular flexibility index (Phi) is 7.27. The lowest BCUT2D eigenvalue weighted by molar-refractivity contribution is -0.129. The zero-order valence-electron chi connectivity index (χ0n) is 11.1. The second-order valence-electron chi connectivity index (χ2n) is 4.03. The monoisotopic (exact) mass is 264 g/mol. The van der Waals surface area contributed by atoms with Crippen molar-refractivity contribution in [2.45, 2.75) is 26.2 Å². The van der Waals surface area contributed by atoms with Gasteiger partial charge in [0.05, 0.1) is 13.0 Å². The molecule has 5 nitrogen and oxygen atoms in total. The molecule has 0 heterocycles. The quantitative estimate of drug-likeness (QED) is 0.574. The number of hydrazine groups is 1. The van der Waals surface area contributed by atoms with Gasteiger partial charge in [-0.05, 0) is 18.9 Å². The van der Waals surface area contributed by atoms with Crippen molar-refractivity contribution in [1.82, 2.24) is 10.9 Å². The Morgan fingerprint density at radius 2 is 1.68 bits per heavy atom. The van der Waals surface area contributed by atoms with E-state index in [1.54, 1.807) is 0 Å². The number of nitrogens with one attached hydrogen (secondary N) is 2. The molecule has 2 N–H and O–H groups in total. The summed E-state index contributed by atoms with van der Waals surface area (Å²) >= 11 is 0. The number of ether oxygens (including phenoxy) is 1. The summed E-state index contributed by atoms with van der Waals surface area (Å²) < 4.78 is 5.04. The van der Waals surface area contributed by atoms with Crippen LogP contribution >= 0.6 is 0 Å². The molecule has 0 aliphatic rings. The molecule has 0 bridgehead atoms. The average Bonchev–Trinajstić information content (AvgIpc) is 2.44. The molecule has 0 atom stereocenters. The van der Waals surface area contributed by atoms with Crippen LogP contribution in [0.3, 0.4) is 0 Å². The number of benzene rings is 1. The highest BCUT2D eigenvalue weighted by Crippen LogP contribution is 2.01. The minimum Gasteiger partial charge on any atom is -0.381 e. The van der Waals surface area contributed by atoms with Gasteiger partial charge in [0.1, 0.15) is 0 Å². The van der Waals surface area contributed by atoms with Crippen LogP contribution in [0, 0.1) is 0 Å². The maximum atomic E-state index is 11.5. The fourth-order valence-corrected chi connectivity index (χ4v) is 1.48. The smallest absolute Gasteiger partial charge is 0.240 e. The molecule has 1 aromatic carbocycles. The van der Waals surface area contributed by atoms with E-state index in [0.29, 0.717) is 26.1 Å². The highest BCUT2D eigenvalue weighted by atomic mass is 16.5. The molecular formula is C14H20N2O3. The van der Waals surface area contributed by atoms with Crippen LogP contribution in [-0.4, -0.2) is 25.0 Å². The minimum atomic E-state index is -0.249. The normalized spacial score (nSPS) is 9.95. The van der Waals surface area contributed by atoms with Crippen molar-refractivity contribution in [2.24, 2.45) is 0 Å². The van der Waals surface area contributed by atoms with E-state index >= 15 is 0 Å². The van der Waals surface area contributed by atoms with Gasteiger partial charge in [-0.2, -0.15) is 0 Å². The molecule has 0 aromatic heterocycles. The lowest BCUT2D eigenvalue weighted by Crippen LogP contribution is -2.42. The van der Waals surface area contributed by atoms with E-state index in [1.165, 1.54) is 0 Å². The summed E-state index contributed by atoms with van der Waals surface area (Å²) in [5.74, 6) is -0.449. The van der Waals surface area contributed by atoms with Gasteiger partial charge in [-0.15, -0.1) is 0 Å². The van der Waals surface area contributed by atoms with Gasteiger partial charge in [-0.25, -0.2) is 0 Å². The van der Waals surface area contributed by atoms with E-state index in [4.69, 9.17) is 4.74 Å². The van der Waals surface area contributed by atoms with Crippen molar-refractivity contribution >= 4 is 11.8 Å². The van der Waals surface area contributed by atoms with Crippen LogP contribution in [0.25, 0.3) is 0 Å². The lowest BCUT2D eigenvalue weighted by atomic mass is 10.1. The Hall–Kier alpha value is -1.88. The first-order valence-electron chi connectivity index (χ1n) is 6.41. The van der Waals surface area contributed by atoms with Crippen LogP contribution in [0.15, 0.2) is 30.3 Å². The van der Waals surface area contributed by atoms with Gasteiger partial charge in [0.15, 0.2) is 0 Å². The molecule has 0 spiro atoms. The van der Waals surface area contributed by atoms with Crippen LogP contribution in [0.2, 0.25) is 0 Å². The maximum absolute atomic E-state index is 11.5. The van der Waals surface area contributed by atoms with Crippen molar-refractivity contribution < 1.29 is 14.3 Å². The van der Waals surface area contributed by atoms with Crippen molar-refractivity contribution in [2.75, 3.05) is 13.2 Å². The van der Waals surface area contributed by atoms with E-state index in [2.05, 4.69) is 10.9 Å². The molecule has 1 rings (SSSR count). The summed E-state index contributed by atoms with van der Waals surface area (Å²) in [5, 5.41) is 0. The number of amides is 2. The second kappa shape index (κ2) is 9.10. The Balaban J connectivity index is 2.12. The van der Waals surface area contributed by atoms with Crippen LogP contribution in [0.4, 0.5) is 0 Å². The molecule has 0 fully saturated rings. The first-order valence-corrected chi connectivity index (χ1v) is 6.41. The third-order valence-corrected chi connectivity index (χ3v) is 2.50. The largest absolute Gasteiger partial charge is 0.381 e. The Labute approximate surface area is 113 Å². The molecule has 1 aromatic rings. The SMILES string of the molecule is CCOCCC(=O)NNC(=O)CCc1ccccc1. The number of rotatable bonds is 7. The Morgan fingerprint density at radius 1 is 1.05 bits per heavy atom. The molecule has 0 unspecified atom stereocenters. The molecule has 0 aliphatic carbocycles. The predicted octanol–water partition coefficient (Wildman–Crippen LogP) is 1.19. The molecular weight excluding hydrogens is 244 g/mol. The van der Waals surface area contributed by atoms with Crippen molar-refractivity contribution in [3.63, 3.8) is 0 Å². The van der Waals surface area contributed by atoms with Crippen molar-refractivity contribution in [1.29, 1.82) is 0 Å². The maximum Gasteiger partial charge on any atom is 0.240 e. The number of carbonyl (C=O) groups excluding carboxylic acids is 2. The highest BCUT2D eigenvalue weighted by molar-refractivity contribution is 5.82. The molecule has 104 valence electrons. The van der Waals surface area contributed by atoms with Crippen LogP contribution in [0.5, 0.6) is 0 Å². The predicted molar refractivity (Wildman–Crippen MR) is 72.2 cm³/mol. The molecule has 0 saturated heterocycles. The van der Waals surface area contributed by atoms with Gasteiger partial charge < -0.3 is 4.74 Å². The molecule has 0 saturated carbocycles. The number of carbonyl (C=O) groups is 2. The van der Waals surface area contributed by atoms with Crippen LogP contribution < -0.4 is 10.9 Å². The van der Waals surface area contributed by atoms with Gasteiger partial charge >= 0.3 is 0 Å². The molecule has 5 heteroatoms. The lowest BCUT2D eigenvalue weighted by Gasteiger charge is -2.07. The highest BCUT2D eigenvalue weighted by Gasteiger charge is 2.04. The van der Waals surface area contributed by atoms with Crippen molar-refractivity contribution in [3.05, 3.63) is 35.9 Å². The minimum absolute atomic E-state index is 0.200. The van der Waals surface area contributed by atoms with Crippen molar-refractivity contribution in [3.8, 4) is 0 Å². The molecule has 0 radical (unpaired) electrons. The van der Waals surface area contributed by atoms with Gasteiger partial charge in [0.2, 0.25) is 11.8 Å². The van der Waals surface area contributed by atoms with Gasteiger partial charge in [-0.1, -0.05) is 30.3 Å². The number of hydrogen-bond acceptors (Lipinski definition) is 3. The van der Waals surface area contributed by atoms with Gasteiger partial charge in [0, 0.05) is 13.0 Å². The molecule has 19 heavy (non-hydrogen) atoms. The first kappa shape index (κ1) is 15.2. The topological polar surface area (TPSA) is 67.4 Å². The van der Waals surface area contributed by atoms with Gasteiger partial charge in [-0.3, -0.25) is 20.4 Å². The molecule has 2 amide bonds. The van der Waals surface area contributed by atoms with Crippen LogP contribution in [0.1, 0.15) is 25.3 Å². The fraction of sp³-hybridized carbons (Fsp3) is 0.429. The summed E-state index contributed by atoms with van der Waals surface area (Å²) in [6.45, 7) is 2.81. The third-order valence-electron chi connectivity index (χ3n) is 2.50. The number of hydrogen-bond donors (Lipinski definition) is 2.